The van der Waals surface area contributed by atoms with Crippen LogP contribution in [0.15, 0.2) is 6.20 Å². The molecule has 1 heterocycles. The van der Waals surface area contributed by atoms with Crippen LogP contribution >= 0.6 is 0 Å². The summed E-state index contributed by atoms with van der Waals surface area (Å²) in [7, 11) is 0. The Balaban J connectivity index is 2.88. The van der Waals surface area contributed by atoms with Gasteiger partial charge in [-0.2, -0.15) is 0 Å². The van der Waals surface area contributed by atoms with Gasteiger partial charge in [-0.15, -0.1) is 5.10 Å². The van der Waals surface area contributed by atoms with Gasteiger partial charge in [-0.3, -0.25) is 4.68 Å². The van der Waals surface area contributed by atoms with E-state index in [9.17, 15) is 4.79 Å². The second-order valence-electron chi connectivity index (χ2n) is 1.76. The molecular formula is C5H7N3O2. The zero-order chi connectivity index (χ0) is 7.56. The Morgan fingerprint density at radius 2 is 2.60 bits per heavy atom. The van der Waals surface area contributed by atoms with E-state index in [2.05, 4.69) is 10.3 Å². The largest absolute Gasteiger partial charge is 0.476 e. The van der Waals surface area contributed by atoms with Crippen molar-refractivity contribution < 1.29 is 9.90 Å². The number of nitrogens with zero attached hydrogens (tertiary/aromatic N) is 3. The molecule has 0 fully saturated rings. The van der Waals surface area contributed by atoms with Crippen molar-refractivity contribution in [1.29, 1.82) is 0 Å². The predicted octanol–water partition coefficient (Wildman–Crippen LogP) is -0.00380. The van der Waals surface area contributed by atoms with E-state index in [1.165, 1.54) is 10.9 Å². The van der Waals surface area contributed by atoms with Crippen molar-refractivity contribution in [2.45, 2.75) is 13.5 Å². The van der Waals surface area contributed by atoms with E-state index in [0.717, 1.165) is 0 Å². The molecule has 0 spiro atoms. The SMILES string of the molecule is CCn1cc(C(=O)O)nn1. The van der Waals surface area contributed by atoms with Gasteiger partial charge in [0.1, 0.15) is 0 Å². The number of hydrogen-bond donors (Lipinski definition) is 1. The third kappa shape index (κ3) is 1.12. The molecule has 0 radical (unpaired) electrons. The average molecular weight is 141 g/mol. The van der Waals surface area contributed by atoms with Crippen molar-refractivity contribution in [3.8, 4) is 0 Å². The standard InChI is InChI=1S/C5H7N3O2/c1-2-8-3-4(5(9)10)6-7-8/h3H,2H2,1H3,(H,9,10). The van der Waals surface area contributed by atoms with Gasteiger partial charge in [0.05, 0.1) is 6.20 Å². The Morgan fingerprint density at radius 1 is 1.90 bits per heavy atom. The number of aromatic nitrogens is 3. The van der Waals surface area contributed by atoms with Crippen molar-refractivity contribution in [2.24, 2.45) is 0 Å². The Hall–Kier alpha value is -1.39. The molecule has 0 aliphatic heterocycles. The summed E-state index contributed by atoms with van der Waals surface area (Å²) in [5, 5.41) is 15.3. The Bertz CT molecular complexity index is 243. The van der Waals surface area contributed by atoms with Gasteiger partial charge in [0.15, 0.2) is 5.69 Å². The van der Waals surface area contributed by atoms with Crippen LogP contribution in [0.5, 0.6) is 0 Å². The van der Waals surface area contributed by atoms with Crippen LogP contribution in [0, 0.1) is 0 Å². The highest BCUT2D eigenvalue weighted by Crippen LogP contribution is 1.90. The Labute approximate surface area is 57.3 Å². The van der Waals surface area contributed by atoms with Crippen LogP contribution in [0.1, 0.15) is 17.4 Å². The molecule has 0 bridgehead atoms. The van der Waals surface area contributed by atoms with Crippen molar-refractivity contribution >= 4 is 5.97 Å². The number of carboxylic acids is 1. The lowest BCUT2D eigenvalue weighted by Crippen LogP contribution is -1.95. The zero-order valence-corrected chi connectivity index (χ0v) is 5.48. The maximum atomic E-state index is 10.2. The molecular weight excluding hydrogens is 134 g/mol. The fraction of sp³-hybridized carbons (Fsp3) is 0.400. The minimum Gasteiger partial charge on any atom is -0.476 e. The summed E-state index contributed by atoms with van der Waals surface area (Å²) in [5.41, 5.74) is -0.0122. The Kier molecular flexibility index (Phi) is 1.66. The second-order valence-corrected chi connectivity index (χ2v) is 1.76. The molecule has 1 aromatic heterocycles. The lowest BCUT2D eigenvalue weighted by atomic mass is 10.5. The minimum atomic E-state index is -1.04. The van der Waals surface area contributed by atoms with Crippen LogP contribution in [-0.2, 0) is 6.54 Å². The molecule has 54 valence electrons. The summed E-state index contributed by atoms with van der Waals surface area (Å²) in [4.78, 5) is 10.2. The van der Waals surface area contributed by atoms with Gasteiger partial charge < -0.3 is 5.11 Å². The van der Waals surface area contributed by atoms with Crippen LogP contribution < -0.4 is 0 Å². The lowest BCUT2D eigenvalue weighted by molar-refractivity contribution is 0.0690. The van der Waals surface area contributed by atoms with E-state index in [0.29, 0.717) is 6.54 Å². The van der Waals surface area contributed by atoms with E-state index in [1.54, 1.807) is 0 Å². The first-order valence-electron chi connectivity index (χ1n) is 2.87. The Morgan fingerprint density at radius 3 is 2.90 bits per heavy atom. The first-order chi connectivity index (χ1) is 4.74. The quantitative estimate of drug-likeness (QED) is 0.629. The van der Waals surface area contributed by atoms with Gasteiger partial charge >= 0.3 is 5.97 Å². The van der Waals surface area contributed by atoms with E-state index in [4.69, 9.17) is 5.11 Å². The average Bonchev–Trinajstić information content (AvgIpc) is 2.34. The van der Waals surface area contributed by atoms with Crippen LogP contribution in [-0.4, -0.2) is 26.1 Å². The topological polar surface area (TPSA) is 68.0 Å². The number of carbonyl (C=O) groups is 1. The molecule has 5 heteroatoms. The zero-order valence-electron chi connectivity index (χ0n) is 5.48. The molecule has 0 aromatic carbocycles. The van der Waals surface area contributed by atoms with Gasteiger partial charge in [-0.1, -0.05) is 5.21 Å². The lowest BCUT2D eigenvalue weighted by Gasteiger charge is -1.86. The van der Waals surface area contributed by atoms with Crippen LogP contribution in [0.25, 0.3) is 0 Å². The number of aromatic carboxylic acids is 1. The van der Waals surface area contributed by atoms with Crippen molar-refractivity contribution in [3.05, 3.63) is 11.9 Å². The van der Waals surface area contributed by atoms with Crippen molar-refractivity contribution in [3.63, 3.8) is 0 Å². The molecule has 1 N–H and O–H groups in total. The normalized spacial score (nSPS) is 9.70. The fourth-order valence-electron chi connectivity index (χ4n) is 0.551. The molecule has 0 saturated heterocycles. The third-order valence-electron chi connectivity index (χ3n) is 1.08. The molecule has 0 atom stereocenters. The fourth-order valence-corrected chi connectivity index (χ4v) is 0.551. The van der Waals surface area contributed by atoms with Crippen LogP contribution in [0.3, 0.4) is 0 Å². The highest BCUT2D eigenvalue weighted by atomic mass is 16.4. The van der Waals surface area contributed by atoms with E-state index >= 15 is 0 Å². The first-order valence-corrected chi connectivity index (χ1v) is 2.87. The van der Waals surface area contributed by atoms with Crippen LogP contribution in [0.2, 0.25) is 0 Å². The first kappa shape index (κ1) is 6.73. The predicted molar refractivity (Wildman–Crippen MR) is 32.7 cm³/mol. The van der Waals surface area contributed by atoms with Gasteiger partial charge in [-0.05, 0) is 6.92 Å². The molecule has 1 rings (SSSR count). The summed E-state index contributed by atoms with van der Waals surface area (Å²) < 4.78 is 1.46. The summed E-state index contributed by atoms with van der Waals surface area (Å²) in [6.07, 6.45) is 1.39. The number of aryl methyl sites for hydroxylation is 1. The number of hydrogen-bond acceptors (Lipinski definition) is 3. The second kappa shape index (κ2) is 2.47. The van der Waals surface area contributed by atoms with Gasteiger partial charge in [0, 0.05) is 6.54 Å². The van der Waals surface area contributed by atoms with Gasteiger partial charge in [0.2, 0.25) is 0 Å². The van der Waals surface area contributed by atoms with Crippen LogP contribution in [0.4, 0.5) is 0 Å². The molecule has 5 nitrogen and oxygen atoms in total. The van der Waals surface area contributed by atoms with E-state index in [-0.39, 0.29) is 5.69 Å². The molecule has 0 aliphatic carbocycles. The smallest absolute Gasteiger partial charge is 0.358 e. The van der Waals surface area contributed by atoms with E-state index in [1.807, 2.05) is 6.92 Å². The number of carboxylic acid groups (broad SMARTS) is 1. The molecule has 0 aliphatic rings. The molecule has 0 amide bonds. The highest BCUT2D eigenvalue weighted by Gasteiger charge is 2.05. The van der Waals surface area contributed by atoms with Crippen molar-refractivity contribution in [2.75, 3.05) is 0 Å². The highest BCUT2D eigenvalue weighted by molar-refractivity contribution is 5.84. The molecule has 1 aromatic rings. The van der Waals surface area contributed by atoms with Gasteiger partial charge in [0.25, 0.3) is 0 Å². The summed E-state index contributed by atoms with van der Waals surface area (Å²) in [6, 6.07) is 0. The summed E-state index contributed by atoms with van der Waals surface area (Å²) in [5.74, 6) is -1.04. The summed E-state index contributed by atoms with van der Waals surface area (Å²) >= 11 is 0. The minimum absolute atomic E-state index is 0.0122. The molecule has 0 saturated carbocycles. The van der Waals surface area contributed by atoms with Gasteiger partial charge in [-0.25, -0.2) is 4.79 Å². The monoisotopic (exact) mass is 141 g/mol. The van der Waals surface area contributed by atoms with Crippen molar-refractivity contribution in [1.82, 2.24) is 15.0 Å². The maximum absolute atomic E-state index is 10.2. The number of rotatable bonds is 2. The molecule has 0 unspecified atom stereocenters. The van der Waals surface area contributed by atoms with E-state index < -0.39 is 5.97 Å². The third-order valence-corrected chi connectivity index (χ3v) is 1.08. The summed E-state index contributed by atoms with van der Waals surface area (Å²) in [6.45, 7) is 2.50. The molecule has 10 heavy (non-hydrogen) atoms. The maximum Gasteiger partial charge on any atom is 0.358 e.